The summed E-state index contributed by atoms with van der Waals surface area (Å²) in [6.45, 7) is 0. The molecule has 0 radical (unpaired) electrons. The lowest BCUT2D eigenvalue weighted by atomic mass is 10.3. The Morgan fingerprint density at radius 1 is 1.07 bits per heavy atom. The van der Waals surface area contributed by atoms with Crippen molar-refractivity contribution in [3.8, 4) is 0 Å². The molecule has 0 aliphatic heterocycles. The second kappa shape index (κ2) is 4.68. The number of aromatic amines is 1. The first-order valence-corrected chi connectivity index (χ1v) is 6.77. The summed E-state index contributed by atoms with van der Waals surface area (Å²) in [5.74, 6) is 0. The quantitative estimate of drug-likeness (QED) is 0.733. The third-order valence-electron chi connectivity index (χ3n) is 1.46. The van der Waals surface area contributed by atoms with E-state index in [1.54, 1.807) is 0 Å². The van der Waals surface area contributed by atoms with Crippen LogP contribution in [0.1, 0.15) is 0 Å². The minimum absolute atomic E-state index is 1.21. The summed E-state index contributed by atoms with van der Waals surface area (Å²) in [6.07, 6.45) is 1.95. The zero-order valence-electron chi connectivity index (χ0n) is 6.94. The van der Waals surface area contributed by atoms with Crippen LogP contribution in [-0.2, 0) is 8.26 Å². The molecule has 0 saturated heterocycles. The highest BCUT2D eigenvalue weighted by atomic mass is 36.0. The summed E-state index contributed by atoms with van der Waals surface area (Å²) in [5.41, 5.74) is 1.21. The summed E-state index contributed by atoms with van der Waals surface area (Å²) in [4.78, 5) is 3.12. The molecule has 0 atom stereocenters. The topological polar surface area (TPSA) is 49.9 Å². The summed E-state index contributed by atoms with van der Waals surface area (Å²) < 4.78 is 18.3. The van der Waals surface area contributed by atoms with Gasteiger partial charge in [-0.15, -0.1) is 0 Å². The van der Waals surface area contributed by atoms with E-state index in [0.717, 1.165) is 0 Å². The molecule has 0 bridgehead atoms. The van der Waals surface area contributed by atoms with Crippen LogP contribution in [0.25, 0.3) is 10.9 Å². The van der Waals surface area contributed by atoms with Crippen molar-refractivity contribution in [1.82, 2.24) is 4.98 Å². The SMILES string of the molecule is O=S(=O)(Cl)Cl.c1ccc2[nH]ccc2c1. The lowest BCUT2D eigenvalue weighted by molar-refractivity contribution is 0.621. The highest BCUT2D eigenvalue weighted by Crippen LogP contribution is 2.09. The van der Waals surface area contributed by atoms with Crippen molar-refractivity contribution < 1.29 is 8.42 Å². The Morgan fingerprint density at radius 2 is 1.64 bits per heavy atom. The third kappa shape index (κ3) is 4.50. The number of benzene rings is 1. The molecule has 76 valence electrons. The Morgan fingerprint density at radius 3 is 2.21 bits per heavy atom. The molecule has 0 aliphatic carbocycles. The monoisotopic (exact) mass is 251 g/mol. The first-order chi connectivity index (χ1) is 6.47. The lowest BCUT2D eigenvalue weighted by Gasteiger charge is -1.83. The van der Waals surface area contributed by atoms with Gasteiger partial charge in [0.1, 0.15) is 0 Å². The lowest BCUT2D eigenvalue weighted by Crippen LogP contribution is -1.63. The first kappa shape index (κ1) is 11.4. The number of H-pyrrole nitrogens is 1. The number of aromatic nitrogens is 1. The number of rotatable bonds is 0. The van der Waals surface area contributed by atoms with Gasteiger partial charge in [-0.05, 0) is 17.5 Å². The van der Waals surface area contributed by atoms with Gasteiger partial charge in [0.05, 0.1) is 0 Å². The van der Waals surface area contributed by atoms with E-state index < -0.39 is 8.26 Å². The summed E-state index contributed by atoms with van der Waals surface area (Å²) in [6, 6.07) is 10.3. The number of hydrogen-bond acceptors (Lipinski definition) is 2. The third-order valence-corrected chi connectivity index (χ3v) is 1.46. The van der Waals surface area contributed by atoms with Crippen LogP contribution in [0.2, 0.25) is 0 Å². The molecule has 0 aliphatic rings. The van der Waals surface area contributed by atoms with Crippen LogP contribution in [0.3, 0.4) is 0 Å². The van der Waals surface area contributed by atoms with Gasteiger partial charge in [-0.3, -0.25) is 0 Å². The van der Waals surface area contributed by atoms with Crippen molar-refractivity contribution in [2.45, 2.75) is 0 Å². The van der Waals surface area contributed by atoms with E-state index in [1.165, 1.54) is 10.9 Å². The van der Waals surface area contributed by atoms with Crippen LogP contribution in [0, 0.1) is 0 Å². The second-order valence-corrected chi connectivity index (χ2v) is 6.11. The number of halogens is 2. The fraction of sp³-hybridized carbons (Fsp3) is 0. The molecule has 0 fully saturated rings. The summed E-state index contributed by atoms with van der Waals surface area (Å²) >= 11 is 0. The van der Waals surface area contributed by atoms with Crippen LogP contribution in [0.15, 0.2) is 36.5 Å². The minimum atomic E-state index is -3.72. The highest BCUT2D eigenvalue weighted by molar-refractivity contribution is 8.31. The number of hydrogen-bond donors (Lipinski definition) is 1. The van der Waals surface area contributed by atoms with Crippen molar-refractivity contribution in [3.63, 3.8) is 0 Å². The molecular weight excluding hydrogens is 245 g/mol. The maximum atomic E-state index is 9.16. The maximum absolute atomic E-state index is 9.16. The van der Waals surface area contributed by atoms with Crippen molar-refractivity contribution >= 4 is 40.5 Å². The van der Waals surface area contributed by atoms with Crippen molar-refractivity contribution in [2.24, 2.45) is 0 Å². The molecule has 1 heterocycles. The Hall–Kier alpha value is -0.710. The fourth-order valence-electron chi connectivity index (χ4n) is 0.995. The predicted octanol–water partition coefficient (Wildman–Crippen LogP) is 2.88. The average molecular weight is 252 g/mol. The number of nitrogens with one attached hydrogen (secondary N) is 1. The van der Waals surface area contributed by atoms with Crippen molar-refractivity contribution in [2.75, 3.05) is 0 Å². The van der Waals surface area contributed by atoms with Crippen LogP contribution in [0.4, 0.5) is 0 Å². The van der Waals surface area contributed by atoms with E-state index in [0.29, 0.717) is 0 Å². The zero-order valence-corrected chi connectivity index (χ0v) is 9.27. The van der Waals surface area contributed by atoms with E-state index >= 15 is 0 Å². The normalized spacial score (nSPS) is 10.7. The molecule has 1 N–H and O–H groups in total. The molecule has 2 aromatic rings. The van der Waals surface area contributed by atoms with Gasteiger partial charge in [-0.2, -0.15) is 8.42 Å². The largest absolute Gasteiger partial charge is 0.361 e. The standard InChI is InChI=1S/C8H7N.Cl2O2S/c1-2-4-8-7(3-1)5-6-9-8;1-5(2,3)4/h1-6,9H;. The second-order valence-electron chi connectivity index (χ2n) is 2.44. The van der Waals surface area contributed by atoms with E-state index in [1.807, 2.05) is 18.3 Å². The summed E-state index contributed by atoms with van der Waals surface area (Å²) in [5, 5.41) is 1.28. The van der Waals surface area contributed by atoms with Gasteiger partial charge >= 0.3 is 8.26 Å². The smallest absolute Gasteiger partial charge is 0.317 e. The van der Waals surface area contributed by atoms with Gasteiger partial charge in [0.2, 0.25) is 0 Å². The Kier molecular flexibility index (Phi) is 3.80. The van der Waals surface area contributed by atoms with E-state index in [4.69, 9.17) is 8.42 Å². The highest BCUT2D eigenvalue weighted by Gasteiger charge is 1.88. The van der Waals surface area contributed by atoms with Crippen LogP contribution in [-0.4, -0.2) is 13.4 Å². The summed E-state index contributed by atoms with van der Waals surface area (Å²) in [7, 11) is 4.81. The van der Waals surface area contributed by atoms with Crippen LogP contribution >= 0.6 is 21.4 Å². The maximum Gasteiger partial charge on any atom is 0.317 e. The molecule has 14 heavy (non-hydrogen) atoms. The molecule has 2 rings (SSSR count). The van der Waals surface area contributed by atoms with Gasteiger partial charge in [-0.25, -0.2) is 0 Å². The van der Waals surface area contributed by atoms with Gasteiger partial charge in [0.25, 0.3) is 0 Å². The molecule has 0 spiro atoms. The van der Waals surface area contributed by atoms with Gasteiger partial charge in [0, 0.05) is 33.1 Å². The van der Waals surface area contributed by atoms with Crippen molar-refractivity contribution in [1.29, 1.82) is 0 Å². The molecule has 0 amide bonds. The van der Waals surface area contributed by atoms with Crippen LogP contribution < -0.4 is 0 Å². The molecule has 1 aromatic carbocycles. The molecule has 3 nitrogen and oxygen atoms in total. The van der Waals surface area contributed by atoms with Gasteiger partial charge in [0.15, 0.2) is 0 Å². The molecule has 6 heteroatoms. The molecule has 0 saturated carbocycles. The Labute approximate surface area is 90.6 Å². The van der Waals surface area contributed by atoms with Gasteiger partial charge in [-0.1, -0.05) is 18.2 Å². The van der Waals surface area contributed by atoms with E-state index in [-0.39, 0.29) is 0 Å². The number of para-hydroxylation sites is 1. The van der Waals surface area contributed by atoms with Crippen LogP contribution in [0.5, 0.6) is 0 Å². The average Bonchev–Trinajstić information content (AvgIpc) is 2.47. The fourth-order valence-corrected chi connectivity index (χ4v) is 0.995. The predicted molar refractivity (Wildman–Crippen MR) is 58.9 cm³/mol. The van der Waals surface area contributed by atoms with E-state index in [9.17, 15) is 0 Å². The van der Waals surface area contributed by atoms with Crippen molar-refractivity contribution in [3.05, 3.63) is 36.5 Å². The van der Waals surface area contributed by atoms with E-state index in [2.05, 4.69) is 44.5 Å². The van der Waals surface area contributed by atoms with Gasteiger partial charge < -0.3 is 4.98 Å². The number of fused-ring (bicyclic) bond motifs is 1. The Bertz CT molecular complexity index is 469. The molecular formula is C8H7Cl2NO2S. The Balaban J connectivity index is 0.000000171. The molecule has 1 aromatic heterocycles. The molecule has 0 unspecified atom stereocenters. The zero-order chi connectivity index (χ0) is 10.6. The first-order valence-electron chi connectivity index (χ1n) is 3.63. The minimum Gasteiger partial charge on any atom is -0.361 e.